The molecule has 1 N–H and O–H groups in total. The fraction of sp³-hybridized carbons (Fsp3) is 0.750. The summed E-state index contributed by atoms with van der Waals surface area (Å²) < 4.78 is 5.28. The molecule has 1 aromatic rings. The lowest BCUT2D eigenvalue weighted by Gasteiger charge is -2.26. The van der Waals surface area contributed by atoms with Gasteiger partial charge in [-0.25, -0.2) is 4.98 Å². The first-order chi connectivity index (χ1) is 11.8. The zero-order valence-electron chi connectivity index (χ0n) is 14.7. The van der Waals surface area contributed by atoms with E-state index in [4.69, 9.17) is 4.74 Å². The number of unbranched alkanes of at least 4 members (excludes halogenated alkanes) is 2. The second-order valence-electron chi connectivity index (χ2n) is 5.86. The van der Waals surface area contributed by atoms with Gasteiger partial charge in [-0.3, -0.25) is 9.80 Å². The van der Waals surface area contributed by atoms with Crippen LogP contribution in [0.3, 0.4) is 0 Å². The van der Waals surface area contributed by atoms with E-state index in [0.29, 0.717) is 37.8 Å². The number of hydrogen-bond acceptors (Lipinski definition) is 5. The highest BCUT2D eigenvalue weighted by molar-refractivity contribution is 5.96. The van der Waals surface area contributed by atoms with Crippen LogP contribution in [0, 0.1) is 0 Å². The zero-order chi connectivity index (χ0) is 17.2. The van der Waals surface area contributed by atoms with Gasteiger partial charge in [0.25, 0.3) is 5.91 Å². The standard InChI is InChI=1S/C16H28N6O2/c1-3-5-7-22(8-6-4-2)20-19-15-14(17-13-18-15)16(23)21-9-11-24-12-10-21/h13H,3-12H2,1-2H3,(H,17,18)/b20-19+. The van der Waals surface area contributed by atoms with Crippen molar-refractivity contribution >= 4 is 11.7 Å². The molecular weight excluding hydrogens is 308 g/mol. The van der Waals surface area contributed by atoms with Crippen LogP contribution in [-0.2, 0) is 4.74 Å². The normalized spacial score (nSPS) is 15.2. The number of H-pyrrole nitrogens is 1. The van der Waals surface area contributed by atoms with E-state index in [1.54, 1.807) is 4.90 Å². The van der Waals surface area contributed by atoms with E-state index < -0.39 is 0 Å². The fourth-order valence-electron chi connectivity index (χ4n) is 2.43. The van der Waals surface area contributed by atoms with Crippen molar-refractivity contribution in [3.63, 3.8) is 0 Å². The second-order valence-corrected chi connectivity index (χ2v) is 5.86. The molecule has 134 valence electrons. The third kappa shape index (κ3) is 5.30. The van der Waals surface area contributed by atoms with Crippen molar-refractivity contribution in [3.05, 3.63) is 12.0 Å². The van der Waals surface area contributed by atoms with Crippen LogP contribution in [0.15, 0.2) is 16.7 Å². The zero-order valence-corrected chi connectivity index (χ0v) is 14.7. The van der Waals surface area contributed by atoms with E-state index in [1.807, 2.05) is 5.01 Å². The molecule has 1 aliphatic heterocycles. The highest BCUT2D eigenvalue weighted by Crippen LogP contribution is 2.18. The van der Waals surface area contributed by atoms with Gasteiger partial charge in [-0.1, -0.05) is 31.9 Å². The van der Waals surface area contributed by atoms with Gasteiger partial charge >= 0.3 is 0 Å². The molecule has 8 nitrogen and oxygen atoms in total. The molecule has 1 saturated heterocycles. The molecule has 1 aliphatic rings. The van der Waals surface area contributed by atoms with Gasteiger partial charge in [-0.15, -0.1) is 5.11 Å². The number of carbonyl (C=O) groups is 1. The average molecular weight is 336 g/mol. The summed E-state index contributed by atoms with van der Waals surface area (Å²) in [6.07, 6.45) is 5.86. The Morgan fingerprint density at radius 2 is 1.96 bits per heavy atom. The summed E-state index contributed by atoms with van der Waals surface area (Å²) in [5, 5.41) is 10.5. The van der Waals surface area contributed by atoms with E-state index in [2.05, 4.69) is 34.2 Å². The predicted molar refractivity (Wildman–Crippen MR) is 91.2 cm³/mol. The Bertz CT molecular complexity index is 516. The lowest BCUT2D eigenvalue weighted by molar-refractivity contribution is 0.0300. The quantitative estimate of drug-likeness (QED) is 0.555. The van der Waals surface area contributed by atoms with Crippen molar-refractivity contribution in [2.24, 2.45) is 10.3 Å². The van der Waals surface area contributed by atoms with Crippen LogP contribution in [0.2, 0.25) is 0 Å². The second kappa shape index (κ2) is 10.0. The predicted octanol–water partition coefficient (Wildman–Crippen LogP) is 2.78. The van der Waals surface area contributed by atoms with E-state index in [1.165, 1.54) is 6.33 Å². The van der Waals surface area contributed by atoms with Crippen molar-refractivity contribution in [1.29, 1.82) is 0 Å². The number of morpholine rings is 1. The molecule has 8 heteroatoms. The largest absolute Gasteiger partial charge is 0.378 e. The van der Waals surface area contributed by atoms with E-state index >= 15 is 0 Å². The van der Waals surface area contributed by atoms with Gasteiger partial charge in [-0.2, -0.15) is 0 Å². The molecule has 24 heavy (non-hydrogen) atoms. The minimum absolute atomic E-state index is 0.0987. The summed E-state index contributed by atoms with van der Waals surface area (Å²) in [5.74, 6) is 0.253. The lowest BCUT2D eigenvalue weighted by atomic mass is 10.3. The smallest absolute Gasteiger partial charge is 0.274 e. The third-order valence-electron chi connectivity index (χ3n) is 3.94. The number of nitrogens with zero attached hydrogens (tertiary/aromatic N) is 5. The summed E-state index contributed by atoms with van der Waals surface area (Å²) in [7, 11) is 0. The van der Waals surface area contributed by atoms with Gasteiger partial charge < -0.3 is 14.6 Å². The topological polar surface area (TPSA) is 86.2 Å². The molecule has 0 spiro atoms. The highest BCUT2D eigenvalue weighted by atomic mass is 16.5. The molecule has 1 aromatic heterocycles. The number of amides is 1. The maximum atomic E-state index is 12.6. The minimum atomic E-state index is -0.0987. The Kier molecular flexibility index (Phi) is 7.67. The number of rotatable bonds is 9. The molecular formula is C16H28N6O2. The van der Waals surface area contributed by atoms with Gasteiger partial charge in [0.15, 0.2) is 5.69 Å². The number of carbonyl (C=O) groups excluding carboxylic acids is 1. The molecule has 1 amide bonds. The Hall–Kier alpha value is -1.96. The number of imidazole rings is 1. The SMILES string of the molecule is CCCCN(CCCC)/N=N/c1nc[nH]c1C(=O)N1CCOCC1. The summed E-state index contributed by atoms with van der Waals surface area (Å²) >= 11 is 0. The van der Waals surface area contributed by atoms with Crippen LogP contribution in [0.25, 0.3) is 0 Å². The average Bonchev–Trinajstić information content (AvgIpc) is 3.09. The van der Waals surface area contributed by atoms with Gasteiger partial charge in [0.2, 0.25) is 5.82 Å². The van der Waals surface area contributed by atoms with Gasteiger partial charge in [0.1, 0.15) is 0 Å². The molecule has 2 heterocycles. The van der Waals surface area contributed by atoms with Crippen LogP contribution in [-0.4, -0.2) is 65.2 Å². The molecule has 0 radical (unpaired) electrons. The van der Waals surface area contributed by atoms with Crippen LogP contribution in [0.4, 0.5) is 5.82 Å². The molecule has 0 bridgehead atoms. The first-order valence-electron chi connectivity index (χ1n) is 8.83. The van der Waals surface area contributed by atoms with Crippen molar-refractivity contribution in [3.8, 4) is 0 Å². The molecule has 0 atom stereocenters. The monoisotopic (exact) mass is 336 g/mol. The molecule has 2 rings (SSSR count). The maximum absolute atomic E-state index is 12.6. The first kappa shape index (κ1) is 18.4. The number of aromatic nitrogens is 2. The molecule has 0 unspecified atom stereocenters. The summed E-state index contributed by atoms with van der Waals surface area (Å²) in [6.45, 7) is 8.37. The molecule has 1 fully saturated rings. The van der Waals surface area contributed by atoms with Crippen molar-refractivity contribution < 1.29 is 9.53 Å². The van der Waals surface area contributed by atoms with E-state index in [0.717, 1.165) is 38.8 Å². The van der Waals surface area contributed by atoms with Crippen LogP contribution in [0.5, 0.6) is 0 Å². The Balaban J connectivity index is 2.02. The van der Waals surface area contributed by atoms with Crippen molar-refractivity contribution in [2.45, 2.75) is 39.5 Å². The number of ether oxygens (including phenoxy) is 1. The Morgan fingerprint density at radius 1 is 1.29 bits per heavy atom. The van der Waals surface area contributed by atoms with Crippen molar-refractivity contribution in [1.82, 2.24) is 19.9 Å². The third-order valence-corrected chi connectivity index (χ3v) is 3.94. The number of hydrogen-bond donors (Lipinski definition) is 1. The minimum Gasteiger partial charge on any atom is -0.378 e. The summed E-state index contributed by atoms with van der Waals surface area (Å²) in [4.78, 5) is 21.3. The molecule has 0 aromatic carbocycles. The maximum Gasteiger partial charge on any atom is 0.274 e. The van der Waals surface area contributed by atoms with E-state index in [9.17, 15) is 4.79 Å². The Labute approximate surface area is 143 Å². The molecule has 0 saturated carbocycles. The van der Waals surface area contributed by atoms with Crippen LogP contribution >= 0.6 is 0 Å². The summed E-state index contributed by atoms with van der Waals surface area (Å²) in [5.41, 5.74) is 0.395. The van der Waals surface area contributed by atoms with Gasteiger partial charge in [-0.05, 0) is 12.8 Å². The van der Waals surface area contributed by atoms with Crippen molar-refractivity contribution in [2.75, 3.05) is 39.4 Å². The van der Waals surface area contributed by atoms with Gasteiger partial charge in [0.05, 0.1) is 19.5 Å². The van der Waals surface area contributed by atoms with Gasteiger partial charge in [0, 0.05) is 26.2 Å². The fourth-order valence-corrected chi connectivity index (χ4v) is 2.43. The Morgan fingerprint density at radius 3 is 2.58 bits per heavy atom. The lowest BCUT2D eigenvalue weighted by Crippen LogP contribution is -2.40. The van der Waals surface area contributed by atoms with Crippen LogP contribution < -0.4 is 0 Å². The summed E-state index contributed by atoms with van der Waals surface area (Å²) in [6, 6.07) is 0. The number of nitrogens with one attached hydrogen (secondary N) is 1. The van der Waals surface area contributed by atoms with Crippen LogP contribution in [0.1, 0.15) is 50.0 Å². The first-order valence-corrected chi connectivity index (χ1v) is 8.83. The number of aromatic amines is 1. The molecule has 0 aliphatic carbocycles. The highest BCUT2D eigenvalue weighted by Gasteiger charge is 2.23. The van der Waals surface area contributed by atoms with E-state index in [-0.39, 0.29) is 5.91 Å².